The molecule has 0 fully saturated rings. The molecule has 0 bridgehead atoms. The van der Waals surface area contributed by atoms with Gasteiger partial charge in [-0.3, -0.25) is 0 Å². The molecule has 1 heterocycles. The first kappa shape index (κ1) is 20.3. The molecule has 0 aliphatic carbocycles. The third-order valence-electron chi connectivity index (χ3n) is 4.50. The zero-order valence-electron chi connectivity index (χ0n) is 16.9. The van der Waals surface area contributed by atoms with Crippen LogP contribution in [0.1, 0.15) is 30.0 Å². The smallest absolute Gasteiger partial charge is 0.368 e. The summed E-state index contributed by atoms with van der Waals surface area (Å²) in [5.41, 5.74) is 3.37. The number of aromatic nitrogens is 4. The summed E-state index contributed by atoms with van der Waals surface area (Å²) in [6.07, 6.45) is 1.85. The van der Waals surface area contributed by atoms with Gasteiger partial charge >= 0.3 is 5.69 Å². The molecule has 29 heavy (non-hydrogen) atoms. The zero-order chi connectivity index (χ0) is 20.6. The van der Waals surface area contributed by atoms with E-state index < -0.39 is 0 Å². The Hall–Kier alpha value is -3.42. The second-order valence-electron chi connectivity index (χ2n) is 6.69. The summed E-state index contributed by atoms with van der Waals surface area (Å²) in [5.74, 6) is 0.463. The number of tetrazole rings is 1. The average Bonchev–Trinajstić information content (AvgIpc) is 3.06. The summed E-state index contributed by atoms with van der Waals surface area (Å²) in [6.45, 7) is 4.46. The summed E-state index contributed by atoms with van der Waals surface area (Å²) < 4.78 is 8.04. The highest BCUT2D eigenvalue weighted by atomic mass is 16.6. The van der Waals surface area contributed by atoms with E-state index in [1.165, 1.54) is 14.9 Å². The fourth-order valence-corrected chi connectivity index (χ4v) is 2.89. The van der Waals surface area contributed by atoms with Gasteiger partial charge in [0.25, 0.3) is 0 Å². The lowest BCUT2D eigenvalue weighted by Crippen LogP contribution is -2.23. The predicted octanol–water partition coefficient (Wildman–Crippen LogP) is 2.77. The maximum Gasteiger partial charge on any atom is 0.368 e. The Morgan fingerprint density at radius 3 is 2.62 bits per heavy atom. The van der Waals surface area contributed by atoms with Crippen molar-refractivity contribution in [3.8, 4) is 5.69 Å². The van der Waals surface area contributed by atoms with Gasteiger partial charge in [0.15, 0.2) is 0 Å². The van der Waals surface area contributed by atoms with Gasteiger partial charge in [0.05, 0.1) is 12.3 Å². The lowest BCUT2D eigenvalue weighted by molar-refractivity contribution is 0.118. The minimum Gasteiger partial charge on any atom is -0.479 e. The van der Waals surface area contributed by atoms with E-state index in [9.17, 15) is 4.79 Å². The largest absolute Gasteiger partial charge is 0.479 e. The Morgan fingerprint density at radius 2 is 1.90 bits per heavy atom. The maximum absolute atomic E-state index is 12.2. The molecule has 2 aromatic carbocycles. The average molecular weight is 395 g/mol. The molecule has 0 amide bonds. The highest BCUT2D eigenvalue weighted by molar-refractivity contribution is 5.72. The van der Waals surface area contributed by atoms with Crippen molar-refractivity contribution in [3.05, 3.63) is 75.7 Å². The SMILES string of the molecule is C/C(=N/OCc1c(C)cccc1-n1nnn(C)c1=O)OCCCc1ccccc1. The van der Waals surface area contributed by atoms with Gasteiger partial charge in [0.1, 0.15) is 6.61 Å². The second kappa shape index (κ2) is 9.68. The Bertz CT molecular complexity index is 1020. The fourth-order valence-electron chi connectivity index (χ4n) is 2.89. The van der Waals surface area contributed by atoms with Crippen LogP contribution in [0.5, 0.6) is 0 Å². The molecule has 0 spiro atoms. The number of nitrogens with zero attached hydrogens (tertiary/aromatic N) is 5. The molecule has 0 radical (unpaired) electrons. The summed E-state index contributed by atoms with van der Waals surface area (Å²) in [6, 6.07) is 15.9. The van der Waals surface area contributed by atoms with Crippen molar-refractivity contribution in [2.45, 2.75) is 33.3 Å². The van der Waals surface area contributed by atoms with Gasteiger partial charge in [0.2, 0.25) is 5.90 Å². The van der Waals surface area contributed by atoms with Crippen molar-refractivity contribution in [1.82, 2.24) is 19.8 Å². The summed E-state index contributed by atoms with van der Waals surface area (Å²) in [5, 5.41) is 11.7. The van der Waals surface area contributed by atoms with Crippen LogP contribution in [0.15, 0.2) is 58.5 Å². The Kier molecular flexibility index (Phi) is 6.78. The van der Waals surface area contributed by atoms with Crippen LogP contribution in [0.4, 0.5) is 0 Å². The van der Waals surface area contributed by atoms with E-state index in [2.05, 4.69) is 27.7 Å². The van der Waals surface area contributed by atoms with Crippen LogP contribution < -0.4 is 5.69 Å². The molecule has 0 atom stereocenters. The van der Waals surface area contributed by atoms with Crippen LogP contribution in [0.2, 0.25) is 0 Å². The first-order chi connectivity index (χ1) is 14.1. The first-order valence-electron chi connectivity index (χ1n) is 9.47. The van der Waals surface area contributed by atoms with Gasteiger partial charge in [-0.05, 0) is 47.4 Å². The van der Waals surface area contributed by atoms with Gasteiger partial charge in [-0.1, -0.05) is 47.6 Å². The standard InChI is InChI=1S/C21H25N5O3/c1-16-9-7-13-20(26-21(27)25(3)23-24-26)19(16)15-29-22-17(2)28-14-8-12-18-10-5-4-6-11-18/h4-7,9-11,13H,8,12,14-15H2,1-3H3/b22-17-. The van der Waals surface area contributed by atoms with Gasteiger partial charge in [-0.15, -0.1) is 0 Å². The monoisotopic (exact) mass is 395 g/mol. The Balaban J connectivity index is 1.55. The summed E-state index contributed by atoms with van der Waals surface area (Å²) in [4.78, 5) is 17.7. The van der Waals surface area contributed by atoms with Crippen molar-refractivity contribution in [2.75, 3.05) is 6.61 Å². The number of aryl methyl sites for hydroxylation is 3. The Labute approximate surface area is 169 Å². The summed E-state index contributed by atoms with van der Waals surface area (Å²) in [7, 11) is 1.56. The van der Waals surface area contributed by atoms with Crippen molar-refractivity contribution in [2.24, 2.45) is 12.2 Å². The molecule has 0 aliphatic heterocycles. The second-order valence-corrected chi connectivity index (χ2v) is 6.69. The molecule has 1 aromatic heterocycles. The van der Waals surface area contributed by atoms with Gasteiger partial charge < -0.3 is 9.57 Å². The van der Waals surface area contributed by atoms with E-state index in [1.807, 2.05) is 37.3 Å². The third-order valence-corrected chi connectivity index (χ3v) is 4.50. The Morgan fingerprint density at radius 1 is 1.10 bits per heavy atom. The van der Waals surface area contributed by atoms with Crippen molar-refractivity contribution < 1.29 is 9.57 Å². The van der Waals surface area contributed by atoms with Gasteiger partial charge in [0, 0.05) is 19.5 Å². The number of benzene rings is 2. The normalized spacial score (nSPS) is 11.5. The molecular weight excluding hydrogens is 370 g/mol. The van der Waals surface area contributed by atoms with E-state index in [4.69, 9.17) is 9.57 Å². The molecule has 0 N–H and O–H groups in total. The zero-order valence-corrected chi connectivity index (χ0v) is 16.9. The van der Waals surface area contributed by atoms with E-state index in [1.54, 1.807) is 20.0 Å². The number of hydrogen-bond donors (Lipinski definition) is 0. The van der Waals surface area contributed by atoms with Crippen molar-refractivity contribution >= 4 is 5.90 Å². The highest BCUT2D eigenvalue weighted by Crippen LogP contribution is 2.18. The van der Waals surface area contributed by atoms with Gasteiger partial charge in [-0.2, -0.15) is 9.36 Å². The first-order valence-corrected chi connectivity index (χ1v) is 9.47. The van der Waals surface area contributed by atoms with Crippen molar-refractivity contribution in [3.63, 3.8) is 0 Å². The topological polar surface area (TPSA) is 83.5 Å². The molecule has 152 valence electrons. The lowest BCUT2D eigenvalue weighted by Gasteiger charge is -2.11. The molecule has 8 nitrogen and oxygen atoms in total. The minimum absolute atomic E-state index is 0.190. The van der Waals surface area contributed by atoms with E-state index in [0.717, 1.165) is 24.0 Å². The van der Waals surface area contributed by atoms with Gasteiger partial charge in [-0.25, -0.2) is 4.79 Å². The van der Waals surface area contributed by atoms with Crippen LogP contribution in [-0.2, 0) is 29.6 Å². The molecular formula is C21H25N5O3. The molecule has 0 saturated heterocycles. The maximum atomic E-state index is 12.2. The van der Waals surface area contributed by atoms with Crippen LogP contribution in [0.25, 0.3) is 5.69 Å². The minimum atomic E-state index is -0.321. The third kappa shape index (κ3) is 5.31. The van der Waals surface area contributed by atoms with E-state index in [-0.39, 0.29) is 12.3 Å². The molecule has 0 unspecified atom stereocenters. The van der Waals surface area contributed by atoms with Crippen LogP contribution in [0.3, 0.4) is 0 Å². The summed E-state index contributed by atoms with van der Waals surface area (Å²) >= 11 is 0. The highest BCUT2D eigenvalue weighted by Gasteiger charge is 2.13. The van der Waals surface area contributed by atoms with Crippen molar-refractivity contribution in [1.29, 1.82) is 0 Å². The molecule has 3 aromatic rings. The van der Waals surface area contributed by atoms with Crippen LogP contribution in [-0.4, -0.2) is 32.3 Å². The molecule has 0 saturated carbocycles. The van der Waals surface area contributed by atoms with E-state index in [0.29, 0.717) is 18.2 Å². The van der Waals surface area contributed by atoms with Crippen LogP contribution >= 0.6 is 0 Å². The lowest BCUT2D eigenvalue weighted by atomic mass is 10.1. The predicted molar refractivity (Wildman–Crippen MR) is 110 cm³/mol. The number of ether oxygens (including phenoxy) is 1. The van der Waals surface area contributed by atoms with Crippen LogP contribution in [0, 0.1) is 6.92 Å². The van der Waals surface area contributed by atoms with E-state index >= 15 is 0 Å². The number of rotatable bonds is 8. The number of oxime groups is 1. The fraction of sp³-hybridized carbons (Fsp3) is 0.333. The molecule has 3 rings (SSSR count). The quantitative estimate of drug-likeness (QED) is 0.253. The molecule has 0 aliphatic rings. The number of hydrogen-bond acceptors (Lipinski definition) is 6. The molecule has 8 heteroatoms.